The lowest BCUT2D eigenvalue weighted by Gasteiger charge is -2.15. The van der Waals surface area contributed by atoms with E-state index >= 15 is 0 Å². The van der Waals surface area contributed by atoms with Gasteiger partial charge >= 0.3 is 0 Å². The molecule has 1 saturated carbocycles. The predicted octanol–water partition coefficient (Wildman–Crippen LogP) is 4.10. The predicted molar refractivity (Wildman–Crippen MR) is 106 cm³/mol. The molecule has 0 aromatic heterocycles. The van der Waals surface area contributed by atoms with Crippen LogP contribution < -0.4 is 14.4 Å². The van der Waals surface area contributed by atoms with E-state index in [1.807, 2.05) is 31.1 Å². The number of phenolic OH excluding ortho intramolecular Hbond substituents is 1. The van der Waals surface area contributed by atoms with Crippen molar-refractivity contribution in [1.29, 1.82) is 0 Å². The SMILES string of the molecule is COc1ccc(OC)c(C(=O)C2C(c3ccc(N(C)C)c(O)c3)C2(C)C)c1. The molecule has 1 aliphatic carbocycles. The van der Waals surface area contributed by atoms with Crippen LogP contribution in [0.5, 0.6) is 17.2 Å². The number of carbonyl (C=O) groups excluding carboxylic acids is 1. The van der Waals surface area contributed by atoms with E-state index in [0.29, 0.717) is 17.1 Å². The third kappa shape index (κ3) is 3.22. The molecule has 5 nitrogen and oxygen atoms in total. The molecule has 2 atom stereocenters. The van der Waals surface area contributed by atoms with E-state index in [0.717, 1.165) is 11.3 Å². The Labute approximate surface area is 160 Å². The zero-order chi connectivity index (χ0) is 19.9. The number of nitrogens with zero attached hydrogens (tertiary/aromatic N) is 1. The van der Waals surface area contributed by atoms with Crippen LogP contribution in [-0.2, 0) is 0 Å². The van der Waals surface area contributed by atoms with Gasteiger partial charge in [-0.25, -0.2) is 0 Å². The quantitative estimate of drug-likeness (QED) is 0.777. The van der Waals surface area contributed by atoms with Crippen LogP contribution in [0.4, 0.5) is 5.69 Å². The third-order valence-electron chi connectivity index (χ3n) is 5.62. The standard InChI is InChI=1S/C22H27NO4/c1-22(2)19(13-7-9-16(23(3)4)17(24)11-13)20(22)21(25)15-12-14(26-5)8-10-18(15)27-6/h7-12,19-20,24H,1-6H3. The minimum atomic E-state index is -0.197. The van der Waals surface area contributed by atoms with E-state index in [4.69, 9.17) is 9.47 Å². The fourth-order valence-corrected chi connectivity index (χ4v) is 4.04. The first-order valence-electron chi connectivity index (χ1n) is 8.98. The Morgan fingerprint density at radius 3 is 2.33 bits per heavy atom. The Kier molecular flexibility index (Phi) is 4.81. The number of carbonyl (C=O) groups is 1. The van der Waals surface area contributed by atoms with Gasteiger partial charge in [-0.05, 0) is 41.3 Å². The molecule has 1 aliphatic rings. The summed E-state index contributed by atoms with van der Waals surface area (Å²) in [4.78, 5) is 15.2. The van der Waals surface area contributed by atoms with E-state index in [9.17, 15) is 9.90 Å². The monoisotopic (exact) mass is 369 g/mol. The zero-order valence-corrected chi connectivity index (χ0v) is 16.7. The molecule has 2 aromatic rings. The summed E-state index contributed by atoms with van der Waals surface area (Å²) in [6.45, 7) is 4.17. The van der Waals surface area contributed by atoms with Crippen molar-refractivity contribution < 1.29 is 19.4 Å². The van der Waals surface area contributed by atoms with Gasteiger partial charge in [0.25, 0.3) is 0 Å². The average Bonchev–Trinajstić information content (AvgIpc) is 3.22. The van der Waals surface area contributed by atoms with Crippen LogP contribution in [0.2, 0.25) is 0 Å². The van der Waals surface area contributed by atoms with Gasteiger partial charge in [0.05, 0.1) is 25.5 Å². The average molecular weight is 369 g/mol. The number of rotatable bonds is 6. The summed E-state index contributed by atoms with van der Waals surface area (Å²) >= 11 is 0. The molecule has 27 heavy (non-hydrogen) atoms. The number of hydrogen-bond donors (Lipinski definition) is 1. The minimum absolute atomic E-state index is 0.0388. The van der Waals surface area contributed by atoms with Gasteiger partial charge < -0.3 is 19.5 Å². The first-order chi connectivity index (χ1) is 12.7. The number of methoxy groups -OCH3 is 2. The molecule has 2 unspecified atom stereocenters. The van der Waals surface area contributed by atoms with Crippen molar-refractivity contribution in [3.05, 3.63) is 47.5 Å². The molecule has 2 aromatic carbocycles. The molecule has 5 heteroatoms. The number of ether oxygens (including phenoxy) is 2. The van der Waals surface area contributed by atoms with Crippen molar-refractivity contribution in [3.8, 4) is 17.2 Å². The van der Waals surface area contributed by atoms with Gasteiger partial charge in [-0.15, -0.1) is 0 Å². The molecule has 0 bridgehead atoms. The number of anilines is 1. The highest BCUT2D eigenvalue weighted by atomic mass is 16.5. The van der Waals surface area contributed by atoms with Crippen LogP contribution in [0, 0.1) is 11.3 Å². The summed E-state index contributed by atoms with van der Waals surface area (Å²) < 4.78 is 10.7. The van der Waals surface area contributed by atoms with Gasteiger partial charge in [0.2, 0.25) is 0 Å². The summed E-state index contributed by atoms with van der Waals surface area (Å²) in [5.41, 5.74) is 2.07. The molecule has 1 N–H and O–H groups in total. The van der Waals surface area contributed by atoms with Crippen molar-refractivity contribution in [3.63, 3.8) is 0 Å². The first-order valence-corrected chi connectivity index (χ1v) is 8.98. The number of aromatic hydroxyl groups is 1. The van der Waals surface area contributed by atoms with Crippen LogP contribution in [-0.4, -0.2) is 39.2 Å². The van der Waals surface area contributed by atoms with Gasteiger partial charge in [-0.1, -0.05) is 19.9 Å². The Hall–Kier alpha value is -2.69. The number of benzene rings is 2. The molecule has 0 radical (unpaired) electrons. The van der Waals surface area contributed by atoms with E-state index in [1.54, 1.807) is 38.5 Å². The first kappa shape index (κ1) is 19.1. The van der Waals surface area contributed by atoms with E-state index in [1.165, 1.54) is 0 Å². The topological polar surface area (TPSA) is 59.0 Å². The van der Waals surface area contributed by atoms with Crippen molar-refractivity contribution in [2.75, 3.05) is 33.2 Å². The van der Waals surface area contributed by atoms with Crippen LogP contribution in [0.3, 0.4) is 0 Å². The lowest BCUT2D eigenvalue weighted by atomic mass is 10.0. The largest absolute Gasteiger partial charge is 0.506 e. The normalized spacial score (nSPS) is 20.1. The van der Waals surface area contributed by atoms with E-state index < -0.39 is 0 Å². The maximum absolute atomic E-state index is 13.3. The number of hydrogen-bond acceptors (Lipinski definition) is 5. The van der Waals surface area contributed by atoms with Crippen LogP contribution >= 0.6 is 0 Å². The second kappa shape index (κ2) is 6.80. The van der Waals surface area contributed by atoms with Gasteiger partial charge in [0, 0.05) is 25.9 Å². The smallest absolute Gasteiger partial charge is 0.170 e. The van der Waals surface area contributed by atoms with Crippen molar-refractivity contribution in [1.82, 2.24) is 0 Å². The molecule has 0 spiro atoms. The molecule has 1 fully saturated rings. The lowest BCUT2D eigenvalue weighted by Crippen LogP contribution is -2.09. The molecule has 0 heterocycles. The highest BCUT2D eigenvalue weighted by molar-refractivity contribution is 6.04. The fraction of sp³-hybridized carbons (Fsp3) is 0.409. The Bertz CT molecular complexity index is 873. The third-order valence-corrected chi connectivity index (χ3v) is 5.62. The number of phenols is 1. The lowest BCUT2D eigenvalue weighted by molar-refractivity contribution is 0.0948. The molecule has 0 saturated heterocycles. The summed E-state index contributed by atoms with van der Waals surface area (Å²) in [5, 5.41) is 10.3. The van der Waals surface area contributed by atoms with E-state index in [2.05, 4.69) is 13.8 Å². The Morgan fingerprint density at radius 2 is 1.78 bits per heavy atom. The van der Waals surface area contributed by atoms with Gasteiger partial charge in [-0.3, -0.25) is 4.79 Å². The van der Waals surface area contributed by atoms with Crippen molar-refractivity contribution >= 4 is 11.5 Å². The summed E-state index contributed by atoms with van der Waals surface area (Å²) in [5.74, 6) is 1.31. The Balaban J connectivity index is 1.95. The summed E-state index contributed by atoms with van der Waals surface area (Å²) in [6.07, 6.45) is 0. The van der Waals surface area contributed by atoms with Crippen molar-refractivity contribution in [2.45, 2.75) is 19.8 Å². The molecule has 0 aliphatic heterocycles. The zero-order valence-electron chi connectivity index (χ0n) is 16.7. The highest BCUT2D eigenvalue weighted by Gasteiger charge is 2.62. The Morgan fingerprint density at radius 1 is 1.07 bits per heavy atom. The maximum Gasteiger partial charge on any atom is 0.170 e. The fourth-order valence-electron chi connectivity index (χ4n) is 4.04. The molecule has 144 valence electrons. The summed E-state index contributed by atoms with van der Waals surface area (Å²) in [6, 6.07) is 10.9. The van der Waals surface area contributed by atoms with Crippen LogP contribution in [0.25, 0.3) is 0 Å². The van der Waals surface area contributed by atoms with Crippen molar-refractivity contribution in [2.24, 2.45) is 11.3 Å². The van der Waals surface area contributed by atoms with Gasteiger partial charge in [-0.2, -0.15) is 0 Å². The number of ketones is 1. The van der Waals surface area contributed by atoms with Gasteiger partial charge in [0.15, 0.2) is 5.78 Å². The second-order valence-electron chi connectivity index (χ2n) is 7.85. The highest BCUT2D eigenvalue weighted by Crippen LogP contribution is 2.66. The van der Waals surface area contributed by atoms with Crippen LogP contribution in [0.15, 0.2) is 36.4 Å². The molecular formula is C22H27NO4. The summed E-state index contributed by atoms with van der Waals surface area (Å²) in [7, 11) is 6.91. The minimum Gasteiger partial charge on any atom is -0.506 e. The molecular weight excluding hydrogens is 342 g/mol. The van der Waals surface area contributed by atoms with Gasteiger partial charge in [0.1, 0.15) is 17.2 Å². The molecule has 0 amide bonds. The molecule has 3 rings (SSSR count). The van der Waals surface area contributed by atoms with E-state index in [-0.39, 0.29) is 28.8 Å². The van der Waals surface area contributed by atoms with Crippen LogP contribution in [0.1, 0.15) is 35.7 Å². The second-order valence-corrected chi connectivity index (χ2v) is 7.85. The number of Topliss-reactive ketones (excluding diaryl/α,β-unsaturated/α-hetero) is 1. The maximum atomic E-state index is 13.3.